The van der Waals surface area contributed by atoms with Gasteiger partial charge in [-0.25, -0.2) is 13.4 Å². The van der Waals surface area contributed by atoms with E-state index in [-0.39, 0.29) is 29.6 Å². The maximum atomic E-state index is 13.1. The molecule has 1 N–H and O–H groups in total. The van der Waals surface area contributed by atoms with E-state index in [0.717, 1.165) is 21.8 Å². The Labute approximate surface area is 185 Å². The first-order valence-electron chi connectivity index (χ1n) is 10.5. The van der Waals surface area contributed by atoms with Crippen molar-refractivity contribution in [3.8, 4) is 0 Å². The number of hydrogen-bond donors (Lipinski definition) is 1. The molecule has 2 amide bonds. The molecule has 0 bridgehead atoms. The number of imide groups is 1. The van der Waals surface area contributed by atoms with Crippen LogP contribution in [0.15, 0.2) is 53.4 Å². The standard InChI is InChI=1S/C22H23N5O4S/c28-21-9-10-22(29)27(21)16-5-7-17(8-6-16)32(30,31)26-13-11-25(12-14-26)15-20-23-18-3-1-2-4-19(18)24-20/h1-8H,9-15H2,(H,23,24). The molecule has 0 saturated carbocycles. The molecule has 10 heteroatoms. The number of nitrogens with one attached hydrogen (secondary N) is 1. The molecule has 2 aliphatic heterocycles. The Bertz CT molecular complexity index is 1230. The van der Waals surface area contributed by atoms with E-state index in [2.05, 4.69) is 14.9 Å². The highest BCUT2D eigenvalue weighted by molar-refractivity contribution is 7.89. The van der Waals surface area contributed by atoms with Gasteiger partial charge in [0, 0.05) is 39.0 Å². The third-order valence-electron chi connectivity index (χ3n) is 5.93. The minimum Gasteiger partial charge on any atom is -0.341 e. The van der Waals surface area contributed by atoms with E-state index < -0.39 is 10.0 Å². The summed E-state index contributed by atoms with van der Waals surface area (Å²) >= 11 is 0. The van der Waals surface area contributed by atoms with Crippen molar-refractivity contribution in [3.63, 3.8) is 0 Å². The molecule has 2 fully saturated rings. The van der Waals surface area contributed by atoms with Crippen molar-refractivity contribution >= 4 is 38.6 Å². The predicted octanol–water partition coefficient (Wildman–Crippen LogP) is 1.72. The zero-order valence-electron chi connectivity index (χ0n) is 17.4. The number of amides is 2. The summed E-state index contributed by atoms with van der Waals surface area (Å²) in [6, 6.07) is 13.8. The van der Waals surface area contributed by atoms with Crippen molar-refractivity contribution in [3.05, 3.63) is 54.4 Å². The van der Waals surface area contributed by atoms with Crippen molar-refractivity contribution in [2.75, 3.05) is 31.1 Å². The van der Waals surface area contributed by atoms with E-state index in [9.17, 15) is 18.0 Å². The summed E-state index contributed by atoms with van der Waals surface area (Å²) in [4.78, 5) is 35.1. The van der Waals surface area contributed by atoms with Crippen LogP contribution in [0.1, 0.15) is 18.7 Å². The molecule has 0 spiro atoms. The number of aromatic amines is 1. The summed E-state index contributed by atoms with van der Waals surface area (Å²) in [7, 11) is -3.65. The molecular formula is C22H23N5O4S. The number of carbonyl (C=O) groups is 2. The third-order valence-corrected chi connectivity index (χ3v) is 7.84. The molecule has 0 unspecified atom stereocenters. The summed E-state index contributed by atoms with van der Waals surface area (Å²) in [5.74, 6) is 0.349. The number of H-pyrrole nitrogens is 1. The summed E-state index contributed by atoms with van der Waals surface area (Å²) in [5, 5.41) is 0. The third kappa shape index (κ3) is 3.81. The molecule has 9 nitrogen and oxygen atoms in total. The Morgan fingerprint density at radius 3 is 2.19 bits per heavy atom. The lowest BCUT2D eigenvalue weighted by Crippen LogP contribution is -2.48. The average molecular weight is 454 g/mol. The van der Waals surface area contributed by atoms with Gasteiger partial charge in [-0.1, -0.05) is 12.1 Å². The lowest BCUT2D eigenvalue weighted by Gasteiger charge is -2.33. The van der Waals surface area contributed by atoms with Gasteiger partial charge in [0.2, 0.25) is 21.8 Å². The number of sulfonamides is 1. The lowest BCUT2D eigenvalue weighted by molar-refractivity contribution is -0.121. The molecule has 3 aromatic rings. The van der Waals surface area contributed by atoms with Crippen LogP contribution in [-0.4, -0.2) is 65.6 Å². The summed E-state index contributed by atoms with van der Waals surface area (Å²) in [5.41, 5.74) is 2.32. The number of piperazine rings is 1. The van der Waals surface area contributed by atoms with Crippen molar-refractivity contribution in [1.82, 2.24) is 19.2 Å². The number of imidazole rings is 1. The number of rotatable bonds is 5. The molecule has 2 aromatic carbocycles. The van der Waals surface area contributed by atoms with E-state index in [1.807, 2.05) is 24.3 Å². The fraction of sp³-hybridized carbons (Fsp3) is 0.318. The highest BCUT2D eigenvalue weighted by Crippen LogP contribution is 2.26. The van der Waals surface area contributed by atoms with Crippen LogP contribution in [0.4, 0.5) is 5.69 Å². The van der Waals surface area contributed by atoms with Gasteiger partial charge in [-0.05, 0) is 36.4 Å². The normalized spacial score (nSPS) is 18.7. The van der Waals surface area contributed by atoms with E-state index in [4.69, 9.17) is 0 Å². The van der Waals surface area contributed by atoms with Gasteiger partial charge in [-0.2, -0.15) is 4.31 Å². The second-order valence-electron chi connectivity index (χ2n) is 8.00. The van der Waals surface area contributed by atoms with E-state index >= 15 is 0 Å². The molecule has 166 valence electrons. The Hall–Kier alpha value is -3.08. The van der Waals surface area contributed by atoms with Crippen LogP contribution in [0, 0.1) is 0 Å². The first-order chi connectivity index (χ1) is 15.4. The van der Waals surface area contributed by atoms with Gasteiger partial charge >= 0.3 is 0 Å². The van der Waals surface area contributed by atoms with Crippen molar-refractivity contribution in [2.45, 2.75) is 24.3 Å². The zero-order chi connectivity index (χ0) is 22.3. The van der Waals surface area contributed by atoms with Gasteiger partial charge in [0.15, 0.2) is 0 Å². The molecular weight excluding hydrogens is 430 g/mol. The maximum Gasteiger partial charge on any atom is 0.243 e. The highest BCUT2D eigenvalue weighted by atomic mass is 32.2. The minimum absolute atomic E-state index is 0.158. The minimum atomic E-state index is -3.65. The van der Waals surface area contributed by atoms with E-state index in [1.54, 1.807) is 0 Å². The summed E-state index contributed by atoms with van der Waals surface area (Å²) in [6.45, 7) is 2.60. The van der Waals surface area contributed by atoms with Crippen LogP contribution in [0.2, 0.25) is 0 Å². The molecule has 5 rings (SSSR count). The molecule has 0 radical (unpaired) electrons. The molecule has 3 heterocycles. The molecule has 0 atom stereocenters. The first-order valence-corrected chi connectivity index (χ1v) is 12.0. The van der Waals surface area contributed by atoms with Gasteiger partial charge in [0.25, 0.3) is 0 Å². The Morgan fingerprint density at radius 1 is 0.875 bits per heavy atom. The Balaban J connectivity index is 1.23. The molecule has 2 saturated heterocycles. The Kier molecular flexibility index (Phi) is 5.28. The number of carbonyl (C=O) groups excluding carboxylic acids is 2. The number of hydrogen-bond acceptors (Lipinski definition) is 6. The molecule has 0 aliphatic carbocycles. The number of para-hydroxylation sites is 2. The van der Waals surface area contributed by atoms with Gasteiger partial charge in [-0.15, -0.1) is 0 Å². The van der Waals surface area contributed by atoms with E-state index in [1.165, 1.54) is 28.6 Å². The largest absolute Gasteiger partial charge is 0.341 e. The number of aromatic nitrogens is 2. The quantitative estimate of drug-likeness (QED) is 0.590. The van der Waals surface area contributed by atoms with Crippen LogP contribution in [0.25, 0.3) is 11.0 Å². The number of nitrogens with zero attached hydrogens (tertiary/aromatic N) is 4. The van der Waals surface area contributed by atoms with Gasteiger partial charge < -0.3 is 4.98 Å². The van der Waals surface area contributed by atoms with E-state index in [0.29, 0.717) is 38.4 Å². The molecule has 2 aliphatic rings. The zero-order valence-corrected chi connectivity index (χ0v) is 18.2. The first kappa shape index (κ1) is 20.8. The van der Waals surface area contributed by atoms with Gasteiger partial charge in [0.1, 0.15) is 5.82 Å². The van der Waals surface area contributed by atoms with Crippen molar-refractivity contribution in [2.24, 2.45) is 0 Å². The number of benzene rings is 2. The van der Waals surface area contributed by atoms with Crippen LogP contribution in [-0.2, 0) is 26.2 Å². The SMILES string of the molecule is O=C1CCC(=O)N1c1ccc(S(=O)(=O)N2CCN(Cc3nc4ccccc4[nH]3)CC2)cc1. The van der Waals surface area contributed by atoms with Crippen LogP contribution in [0.3, 0.4) is 0 Å². The smallest absolute Gasteiger partial charge is 0.243 e. The van der Waals surface area contributed by atoms with Crippen LogP contribution in [0.5, 0.6) is 0 Å². The summed E-state index contributed by atoms with van der Waals surface area (Å²) < 4.78 is 27.6. The van der Waals surface area contributed by atoms with Crippen molar-refractivity contribution in [1.29, 1.82) is 0 Å². The van der Waals surface area contributed by atoms with Gasteiger partial charge in [0.05, 0.1) is 28.2 Å². The van der Waals surface area contributed by atoms with Crippen LogP contribution < -0.4 is 4.90 Å². The van der Waals surface area contributed by atoms with Crippen LogP contribution >= 0.6 is 0 Å². The van der Waals surface area contributed by atoms with Gasteiger partial charge in [-0.3, -0.25) is 19.4 Å². The topological polar surface area (TPSA) is 107 Å². The fourth-order valence-electron chi connectivity index (χ4n) is 4.20. The highest BCUT2D eigenvalue weighted by Gasteiger charge is 2.32. The van der Waals surface area contributed by atoms with Crippen molar-refractivity contribution < 1.29 is 18.0 Å². The number of fused-ring (bicyclic) bond motifs is 1. The lowest BCUT2D eigenvalue weighted by atomic mass is 10.3. The molecule has 1 aromatic heterocycles. The fourth-order valence-corrected chi connectivity index (χ4v) is 5.62. The maximum absolute atomic E-state index is 13.1. The Morgan fingerprint density at radius 2 is 1.53 bits per heavy atom. The summed E-state index contributed by atoms with van der Waals surface area (Å²) in [6.07, 6.45) is 0.383. The molecule has 32 heavy (non-hydrogen) atoms. The monoisotopic (exact) mass is 453 g/mol. The number of anilines is 1. The average Bonchev–Trinajstić information content (AvgIpc) is 3.36. The second-order valence-corrected chi connectivity index (χ2v) is 9.94. The second kappa shape index (κ2) is 8.12. The predicted molar refractivity (Wildman–Crippen MR) is 118 cm³/mol.